The van der Waals surface area contributed by atoms with Crippen LogP contribution in [0, 0.1) is 11.6 Å². The van der Waals surface area contributed by atoms with Crippen LogP contribution in [0.1, 0.15) is 11.1 Å². The number of hydrogen-bond acceptors (Lipinski definition) is 2. The van der Waals surface area contributed by atoms with E-state index >= 15 is 0 Å². The third-order valence-corrected chi connectivity index (χ3v) is 3.43. The minimum atomic E-state index is -0.325. The number of halogens is 2. The zero-order valence-corrected chi connectivity index (χ0v) is 10.8. The van der Waals surface area contributed by atoms with Gasteiger partial charge in [0.05, 0.1) is 9.73 Å². The van der Waals surface area contributed by atoms with Crippen molar-refractivity contribution in [2.75, 3.05) is 0 Å². The van der Waals surface area contributed by atoms with Gasteiger partial charge in [-0.15, -0.1) is 0 Å². The molecule has 0 radical (unpaired) electrons. The van der Waals surface area contributed by atoms with Crippen LogP contribution < -0.4 is 0 Å². The molecule has 2 rings (SSSR count). The second-order valence-corrected chi connectivity index (χ2v) is 4.49. The molecule has 0 saturated carbocycles. The highest BCUT2D eigenvalue weighted by molar-refractivity contribution is 7.90. The lowest BCUT2D eigenvalue weighted by atomic mass is 10.0. The first-order valence-corrected chi connectivity index (χ1v) is 6.00. The van der Waals surface area contributed by atoms with Crippen LogP contribution in [0.2, 0.25) is 0 Å². The number of rotatable bonds is 3. The van der Waals surface area contributed by atoms with Crippen molar-refractivity contribution in [3.63, 3.8) is 0 Å². The summed E-state index contributed by atoms with van der Waals surface area (Å²) in [6.45, 7) is 0. The molecule has 0 amide bonds. The Morgan fingerprint density at radius 2 is 0.889 bits per heavy atom. The van der Waals surface area contributed by atoms with Crippen molar-refractivity contribution < 1.29 is 8.78 Å². The maximum Gasteiger partial charge on any atom is 0.123 e. The number of thiocarbonyl (C=S) groups is 2. The van der Waals surface area contributed by atoms with E-state index in [1.807, 2.05) is 0 Å². The summed E-state index contributed by atoms with van der Waals surface area (Å²) >= 11 is 10.5. The van der Waals surface area contributed by atoms with Crippen molar-refractivity contribution in [2.45, 2.75) is 0 Å². The minimum Gasteiger partial charge on any atom is -0.207 e. The SMILES string of the molecule is Fc1ccc(C(=S)C(=S)c2ccc(F)cc2)cc1. The molecule has 0 heterocycles. The third kappa shape index (κ3) is 2.83. The Kier molecular flexibility index (Phi) is 3.89. The van der Waals surface area contributed by atoms with Crippen molar-refractivity contribution in [3.05, 3.63) is 71.3 Å². The molecule has 0 unspecified atom stereocenters. The van der Waals surface area contributed by atoms with Crippen LogP contribution in [-0.4, -0.2) is 9.73 Å². The Labute approximate surface area is 114 Å². The smallest absolute Gasteiger partial charge is 0.123 e. The van der Waals surface area contributed by atoms with Crippen molar-refractivity contribution in [1.82, 2.24) is 0 Å². The van der Waals surface area contributed by atoms with Crippen LogP contribution in [0.25, 0.3) is 0 Å². The maximum absolute atomic E-state index is 12.8. The second kappa shape index (κ2) is 5.42. The Balaban J connectivity index is 2.26. The van der Waals surface area contributed by atoms with E-state index in [1.54, 1.807) is 24.3 Å². The molecule has 2 aromatic rings. The van der Waals surface area contributed by atoms with Gasteiger partial charge in [-0.05, 0) is 35.4 Å². The van der Waals surface area contributed by atoms with E-state index in [0.717, 1.165) is 0 Å². The first-order valence-electron chi connectivity index (χ1n) is 5.18. The van der Waals surface area contributed by atoms with E-state index < -0.39 is 0 Å². The molecule has 0 aromatic heterocycles. The summed E-state index contributed by atoms with van der Waals surface area (Å²) in [6, 6.07) is 11.6. The van der Waals surface area contributed by atoms with E-state index in [2.05, 4.69) is 0 Å². The summed E-state index contributed by atoms with van der Waals surface area (Å²) in [5.41, 5.74) is 1.36. The van der Waals surface area contributed by atoms with Gasteiger partial charge in [0.1, 0.15) is 11.6 Å². The van der Waals surface area contributed by atoms with Crippen molar-refractivity contribution in [2.24, 2.45) is 0 Å². The fourth-order valence-electron chi connectivity index (χ4n) is 1.46. The fraction of sp³-hybridized carbons (Fsp3) is 0. The van der Waals surface area contributed by atoms with E-state index in [4.69, 9.17) is 24.4 Å². The molecule has 2 aromatic carbocycles. The van der Waals surface area contributed by atoms with Gasteiger partial charge >= 0.3 is 0 Å². The van der Waals surface area contributed by atoms with E-state index in [0.29, 0.717) is 20.9 Å². The monoisotopic (exact) mass is 278 g/mol. The molecule has 0 aliphatic rings. The maximum atomic E-state index is 12.8. The highest BCUT2D eigenvalue weighted by atomic mass is 32.1. The molecule has 90 valence electrons. The van der Waals surface area contributed by atoms with Crippen LogP contribution in [0.3, 0.4) is 0 Å². The van der Waals surface area contributed by atoms with Gasteiger partial charge in [0.15, 0.2) is 0 Å². The average molecular weight is 278 g/mol. The molecule has 0 bridgehead atoms. The van der Waals surface area contributed by atoms with Gasteiger partial charge in [-0.1, -0.05) is 48.7 Å². The Hall–Kier alpha value is -1.52. The Bertz CT molecular complexity index is 531. The van der Waals surface area contributed by atoms with Crippen LogP contribution in [0.4, 0.5) is 8.78 Å². The van der Waals surface area contributed by atoms with Crippen LogP contribution in [-0.2, 0) is 0 Å². The quantitative estimate of drug-likeness (QED) is 0.612. The molecule has 0 saturated heterocycles. The summed E-state index contributed by atoms with van der Waals surface area (Å²) < 4.78 is 25.6. The molecule has 18 heavy (non-hydrogen) atoms. The van der Waals surface area contributed by atoms with E-state index in [9.17, 15) is 8.78 Å². The molecule has 0 aliphatic heterocycles. The lowest BCUT2D eigenvalue weighted by Crippen LogP contribution is -2.11. The van der Waals surface area contributed by atoms with Gasteiger partial charge in [-0.2, -0.15) is 0 Å². The van der Waals surface area contributed by atoms with Crippen molar-refractivity contribution in [1.29, 1.82) is 0 Å². The van der Waals surface area contributed by atoms with Crippen LogP contribution in [0.15, 0.2) is 48.5 Å². The topological polar surface area (TPSA) is 0 Å². The summed E-state index contributed by atoms with van der Waals surface area (Å²) in [7, 11) is 0. The first kappa shape index (κ1) is 12.9. The van der Waals surface area contributed by atoms with Gasteiger partial charge in [0, 0.05) is 0 Å². The Morgan fingerprint density at radius 1 is 0.611 bits per heavy atom. The predicted octanol–water partition coefficient (Wildman–Crippen LogP) is 4.10. The van der Waals surface area contributed by atoms with E-state index in [-0.39, 0.29) is 11.6 Å². The lowest BCUT2D eigenvalue weighted by Gasteiger charge is -2.06. The fourth-order valence-corrected chi connectivity index (χ4v) is 1.97. The molecular formula is C14H8F2S2. The van der Waals surface area contributed by atoms with Crippen LogP contribution >= 0.6 is 24.4 Å². The highest BCUT2D eigenvalue weighted by Gasteiger charge is 2.10. The highest BCUT2D eigenvalue weighted by Crippen LogP contribution is 2.12. The molecule has 4 heteroatoms. The zero-order valence-electron chi connectivity index (χ0n) is 9.19. The standard InChI is InChI=1S/C14H8F2S2/c15-11-5-1-9(2-6-11)13(17)14(18)10-3-7-12(16)8-4-10/h1-8H. The minimum absolute atomic E-state index is 0.325. The van der Waals surface area contributed by atoms with Crippen molar-refractivity contribution >= 4 is 34.2 Å². The molecule has 0 atom stereocenters. The predicted molar refractivity (Wildman–Crippen MR) is 76.2 cm³/mol. The van der Waals surface area contributed by atoms with Gasteiger partial charge in [0.25, 0.3) is 0 Å². The molecule has 0 N–H and O–H groups in total. The summed E-state index contributed by atoms with van der Waals surface area (Å²) in [6.07, 6.45) is 0. The lowest BCUT2D eigenvalue weighted by molar-refractivity contribution is 0.627. The first-order chi connectivity index (χ1) is 8.58. The molecular weight excluding hydrogens is 270 g/mol. The van der Waals surface area contributed by atoms with Gasteiger partial charge < -0.3 is 0 Å². The van der Waals surface area contributed by atoms with Crippen molar-refractivity contribution in [3.8, 4) is 0 Å². The number of hydrogen-bond donors (Lipinski definition) is 0. The molecule has 0 fully saturated rings. The third-order valence-electron chi connectivity index (χ3n) is 2.42. The largest absolute Gasteiger partial charge is 0.207 e. The number of benzene rings is 2. The van der Waals surface area contributed by atoms with Gasteiger partial charge in [0.2, 0.25) is 0 Å². The summed E-state index contributed by atoms with van der Waals surface area (Å²) in [5, 5.41) is 0. The van der Waals surface area contributed by atoms with E-state index in [1.165, 1.54) is 24.3 Å². The average Bonchev–Trinajstić information content (AvgIpc) is 2.39. The normalized spacial score (nSPS) is 10.1. The van der Waals surface area contributed by atoms with Gasteiger partial charge in [-0.3, -0.25) is 0 Å². The molecule has 0 aliphatic carbocycles. The van der Waals surface area contributed by atoms with Gasteiger partial charge in [-0.25, -0.2) is 8.78 Å². The van der Waals surface area contributed by atoms with Crippen LogP contribution in [0.5, 0.6) is 0 Å². The molecule has 0 spiro atoms. The molecule has 0 nitrogen and oxygen atoms in total. The summed E-state index contributed by atoms with van der Waals surface area (Å²) in [4.78, 5) is 0.910. The summed E-state index contributed by atoms with van der Waals surface area (Å²) in [5.74, 6) is -0.650. The second-order valence-electron chi connectivity index (χ2n) is 3.67. The Morgan fingerprint density at radius 3 is 1.17 bits per heavy atom. The zero-order chi connectivity index (χ0) is 13.1.